The maximum atomic E-state index is 12.6. The number of hydrogen-bond donors (Lipinski definition) is 2. The topological polar surface area (TPSA) is 78.5 Å². The minimum absolute atomic E-state index is 0.0438. The fourth-order valence-electron chi connectivity index (χ4n) is 2.59. The molecule has 2 N–H and O–H groups in total. The molecule has 8 heteroatoms. The Hall–Kier alpha value is -2.38. The molecule has 0 saturated carbocycles. The highest BCUT2D eigenvalue weighted by atomic mass is 79.9. The number of likely N-dealkylation sites (N-methyl/N-ethyl adjacent to an activating group) is 1. The van der Waals surface area contributed by atoms with E-state index in [4.69, 9.17) is 11.6 Å². The number of benzene rings is 2. The molecule has 0 radical (unpaired) electrons. The Morgan fingerprint density at radius 2 is 1.82 bits per heavy atom. The molecule has 0 aromatic heterocycles. The summed E-state index contributed by atoms with van der Waals surface area (Å²) in [7, 11) is 1.55. The van der Waals surface area contributed by atoms with Gasteiger partial charge in [0, 0.05) is 29.2 Å². The summed E-state index contributed by atoms with van der Waals surface area (Å²) in [5, 5.41) is 5.99. The van der Waals surface area contributed by atoms with Gasteiger partial charge in [-0.2, -0.15) is 0 Å². The maximum Gasteiger partial charge on any atom is 0.243 e. The lowest BCUT2D eigenvalue weighted by atomic mass is 10.0. The van der Waals surface area contributed by atoms with E-state index in [1.807, 2.05) is 24.3 Å². The summed E-state index contributed by atoms with van der Waals surface area (Å²) in [6.07, 6.45) is 0.0438. The van der Waals surface area contributed by atoms with Gasteiger partial charge in [0.2, 0.25) is 17.7 Å². The van der Waals surface area contributed by atoms with Crippen LogP contribution in [0.5, 0.6) is 0 Å². The second-order valence-electron chi connectivity index (χ2n) is 6.32. The van der Waals surface area contributed by atoms with E-state index in [0.29, 0.717) is 10.7 Å². The van der Waals surface area contributed by atoms with E-state index in [1.165, 1.54) is 11.8 Å². The van der Waals surface area contributed by atoms with Crippen molar-refractivity contribution in [2.45, 2.75) is 19.4 Å². The van der Waals surface area contributed by atoms with Crippen LogP contribution >= 0.6 is 27.5 Å². The van der Waals surface area contributed by atoms with Crippen molar-refractivity contribution in [3.05, 3.63) is 63.6 Å². The average Bonchev–Trinajstić information content (AvgIpc) is 2.61. The van der Waals surface area contributed by atoms with Crippen molar-refractivity contribution in [2.24, 2.45) is 0 Å². The van der Waals surface area contributed by atoms with Gasteiger partial charge in [-0.3, -0.25) is 14.4 Å². The first-order valence-electron chi connectivity index (χ1n) is 8.56. The highest BCUT2D eigenvalue weighted by Crippen LogP contribution is 2.21. The molecule has 0 aliphatic heterocycles. The van der Waals surface area contributed by atoms with Crippen molar-refractivity contribution in [1.29, 1.82) is 0 Å². The van der Waals surface area contributed by atoms with E-state index in [2.05, 4.69) is 26.6 Å². The Morgan fingerprint density at radius 1 is 1.14 bits per heavy atom. The monoisotopic (exact) mass is 465 g/mol. The largest absolute Gasteiger partial charge is 0.349 e. The third-order valence-corrected chi connectivity index (χ3v) is 4.71. The molecule has 6 nitrogen and oxygen atoms in total. The normalized spacial score (nSPS) is 11.4. The number of amides is 3. The number of nitrogens with one attached hydrogen (secondary N) is 2. The van der Waals surface area contributed by atoms with Gasteiger partial charge in [-0.15, -0.1) is 0 Å². The van der Waals surface area contributed by atoms with Gasteiger partial charge in [-0.25, -0.2) is 0 Å². The number of carbonyl (C=O) groups excluding carboxylic acids is 3. The summed E-state index contributed by atoms with van der Waals surface area (Å²) in [6.45, 7) is 1.29. The molecule has 0 aliphatic rings. The van der Waals surface area contributed by atoms with Crippen LogP contribution in [0, 0.1) is 0 Å². The molecular formula is C20H21BrClN3O3. The van der Waals surface area contributed by atoms with E-state index in [-0.39, 0.29) is 30.7 Å². The molecule has 0 heterocycles. The zero-order valence-electron chi connectivity index (χ0n) is 15.5. The summed E-state index contributed by atoms with van der Waals surface area (Å²) < 4.78 is 0.902. The number of carbonyl (C=O) groups is 3. The molecule has 148 valence electrons. The summed E-state index contributed by atoms with van der Waals surface area (Å²) >= 11 is 9.26. The predicted molar refractivity (Wildman–Crippen MR) is 113 cm³/mol. The van der Waals surface area contributed by atoms with Crippen molar-refractivity contribution >= 4 is 50.9 Å². The average molecular weight is 467 g/mol. The van der Waals surface area contributed by atoms with Crippen LogP contribution in [-0.2, 0) is 14.4 Å². The second-order valence-corrected chi connectivity index (χ2v) is 7.67. The molecule has 2 aromatic carbocycles. The second kappa shape index (κ2) is 10.2. The molecule has 1 unspecified atom stereocenters. The minimum Gasteiger partial charge on any atom is -0.349 e. The van der Waals surface area contributed by atoms with Crippen molar-refractivity contribution in [1.82, 2.24) is 10.2 Å². The standard InChI is InChI=1S/C20H21BrClN3O3/c1-13(26)23-18(14-6-8-15(21)9-7-14)11-20(28)25(2)12-19(27)24-17-5-3-4-16(22)10-17/h3-10,18H,11-12H2,1-2H3,(H,23,26)(H,24,27). The van der Waals surface area contributed by atoms with E-state index in [1.54, 1.807) is 31.3 Å². The van der Waals surface area contributed by atoms with Crippen LogP contribution in [0.1, 0.15) is 24.9 Å². The van der Waals surface area contributed by atoms with Crippen LogP contribution in [0.3, 0.4) is 0 Å². The SMILES string of the molecule is CC(=O)NC(CC(=O)N(C)CC(=O)Nc1cccc(Cl)c1)c1ccc(Br)cc1. The van der Waals surface area contributed by atoms with Gasteiger partial charge >= 0.3 is 0 Å². The lowest BCUT2D eigenvalue weighted by Gasteiger charge is -2.22. The van der Waals surface area contributed by atoms with Crippen LogP contribution in [0.25, 0.3) is 0 Å². The molecule has 2 aromatic rings. The van der Waals surface area contributed by atoms with Crippen molar-refractivity contribution in [3.63, 3.8) is 0 Å². The predicted octanol–water partition coefficient (Wildman–Crippen LogP) is 3.77. The van der Waals surface area contributed by atoms with Crippen LogP contribution in [0.2, 0.25) is 5.02 Å². The molecule has 0 fully saturated rings. The van der Waals surface area contributed by atoms with Gasteiger partial charge in [0.15, 0.2) is 0 Å². The lowest BCUT2D eigenvalue weighted by molar-refractivity contribution is -0.134. The molecule has 3 amide bonds. The van der Waals surface area contributed by atoms with Gasteiger partial charge in [-0.1, -0.05) is 45.7 Å². The summed E-state index contributed by atoms with van der Waals surface area (Å²) in [4.78, 5) is 37.6. The zero-order chi connectivity index (χ0) is 20.7. The number of rotatable bonds is 7. The van der Waals surface area contributed by atoms with Crippen LogP contribution < -0.4 is 10.6 Å². The van der Waals surface area contributed by atoms with Crippen LogP contribution in [-0.4, -0.2) is 36.2 Å². The molecular weight excluding hydrogens is 446 g/mol. The minimum atomic E-state index is -0.475. The quantitative estimate of drug-likeness (QED) is 0.652. The fourth-order valence-corrected chi connectivity index (χ4v) is 3.05. The zero-order valence-corrected chi connectivity index (χ0v) is 17.9. The van der Waals surface area contributed by atoms with Gasteiger partial charge in [-0.05, 0) is 35.9 Å². The molecule has 1 atom stereocenters. The fraction of sp³-hybridized carbons (Fsp3) is 0.250. The molecule has 0 saturated heterocycles. The Bertz CT molecular complexity index is 858. The van der Waals surface area contributed by atoms with Crippen LogP contribution in [0.4, 0.5) is 5.69 Å². The van der Waals surface area contributed by atoms with Gasteiger partial charge in [0.1, 0.15) is 0 Å². The Labute approximate surface area is 177 Å². The number of nitrogens with zero attached hydrogens (tertiary/aromatic N) is 1. The molecule has 0 bridgehead atoms. The number of hydrogen-bond acceptors (Lipinski definition) is 3. The first-order chi connectivity index (χ1) is 13.2. The van der Waals surface area contributed by atoms with E-state index in [0.717, 1.165) is 10.0 Å². The molecule has 28 heavy (non-hydrogen) atoms. The highest BCUT2D eigenvalue weighted by Gasteiger charge is 2.21. The number of halogens is 2. The Morgan fingerprint density at radius 3 is 2.43 bits per heavy atom. The third kappa shape index (κ3) is 6.98. The van der Waals surface area contributed by atoms with Crippen molar-refractivity contribution in [3.8, 4) is 0 Å². The summed E-state index contributed by atoms with van der Waals surface area (Å²) in [6, 6.07) is 13.7. The van der Waals surface area contributed by atoms with Gasteiger partial charge in [0.05, 0.1) is 19.0 Å². The molecule has 0 aliphatic carbocycles. The first-order valence-corrected chi connectivity index (χ1v) is 9.73. The highest BCUT2D eigenvalue weighted by molar-refractivity contribution is 9.10. The van der Waals surface area contributed by atoms with Gasteiger partial charge in [0.25, 0.3) is 0 Å². The molecule has 0 spiro atoms. The smallest absolute Gasteiger partial charge is 0.243 e. The third-order valence-electron chi connectivity index (χ3n) is 3.94. The number of anilines is 1. The van der Waals surface area contributed by atoms with Crippen LogP contribution in [0.15, 0.2) is 53.0 Å². The summed E-state index contributed by atoms with van der Waals surface area (Å²) in [5.41, 5.74) is 1.37. The lowest BCUT2D eigenvalue weighted by Crippen LogP contribution is -2.38. The van der Waals surface area contributed by atoms with Crippen molar-refractivity contribution < 1.29 is 14.4 Å². The Kier molecular flexibility index (Phi) is 8.02. The first kappa shape index (κ1) is 21.9. The summed E-state index contributed by atoms with van der Waals surface area (Å²) in [5.74, 6) is -0.831. The van der Waals surface area contributed by atoms with E-state index in [9.17, 15) is 14.4 Å². The van der Waals surface area contributed by atoms with E-state index < -0.39 is 6.04 Å². The maximum absolute atomic E-state index is 12.6. The van der Waals surface area contributed by atoms with Gasteiger partial charge < -0.3 is 15.5 Å². The van der Waals surface area contributed by atoms with E-state index >= 15 is 0 Å². The Balaban J connectivity index is 1.98. The molecule has 2 rings (SSSR count). The van der Waals surface area contributed by atoms with Crippen molar-refractivity contribution in [2.75, 3.05) is 18.9 Å².